The number of amides is 2. The molecular formula is C15H23NO4. The van der Waals surface area contributed by atoms with Crippen LogP contribution in [-0.4, -0.2) is 22.8 Å². The first-order valence-corrected chi connectivity index (χ1v) is 6.77. The molecule has 0 spiro atoms. The van der Waals surface area contributed by atoms with Gasteiger partial charge in [-0.1, -0.05) is 39.7 Å². The van der Waals surface area contributed by atoms with Gasteiger partial charge in [0.05, 0.1) is 6.42 Å². The number of carbonyl (C=O) groups excluding carboxylic acids is 3. The molecule has 0 aliphatic carbocycles. The average molecular weight is 281 g/mol. The number of carbonyl (C=O) groups is 3. The zero-order chi connectivity index (χ0) is 15.6. The molecule has 1 aliphatic rings. The summed E-state index contributed by atoms with van der Waals surface area (Å²) < 4.78 is 0. The molecule has 0 fully saturated rings. The molecule has 5 heteroatoms. The smallest absolute Gasteiger partial charge is 0.330 e. The number of hydroxylamine groups is 2. The van der Waals surface area contributed by atoms with E-state index in [1.165, 1.54) is 0 Å². The van der Waals surface area contributed by atoms with Crippen LogP contribution in [0.3, 0.4) is 0 Å². The molecule has 1 heterocycles. The van der Waals surface area contributed by atoms with Crippen LogP contribution in [0, 0.1) is 10.8 Å². The SMILES string of the molecule is CC(C)(C)CCC(C)(C)CC(=O)ON1C(=O)C=CC1=O. The summed E-state index contributed by atoms with van der Waals surface area (Å²) in [6.45, 7) is 10.4. The highest BCUT2D eigenvalue weighted by Crippen LogP contribution is 2.33. The Morgan fingerprint density at radius 2 is 1.55 bits per heavy atom. The molecule has 0 aromatic carbocycles. The van der Waals surface area contributed by atoms with Gasteiger partial charge < -0.3 is 4.84 Å². The molecule has 0 aromatic rings. The Bertz CT molecular complexity index is 425. The van der Waals surface area contributed by atoms with Crippen molar-refractivity contribution in [3.8, 4) is 0 Å². The molecule has 0 N–H and O–H groups in total. The van der Waals surface area contributed by atoms with Gasteiger partial charge in [0.25, 0.3) is 11.8 Å². The van der Waals surface area contributed by atoms with Crippen LogP contribution in [0.25, 0.3) is 0 Å². The Kier molecular flexibility index (Phi) is 4.73. The number of nitrogens with zero attached hydrogens (tertiary/aromatic N) is 1. The van der Waals surface area contributed by atoms with E-state index in [1.54, 1.807) is 0 Å². The van der Waals surface area contributed by atoms with Crippen LogP contribution in [-0.2, 0) is 19.2 Å². The molecule has 1 aliphatic heterocycles. The minimum Gasteiger partial charge on any atom is -0.330 e. The van der Waals surface area contributed by atoms with Crippen molar-refractivity contribution in [3.05, 3.63) is 12.2 Å². The average Bonchev–Trinajstić information content (AvgIpc) is 2.57. The number of imide groups is 1. The highest BCUT2D eigenvalue weighted by molar-refractivity contribution is 6.12. The van der Waals surface area contributed by atoms with Gasteiger partial charge in [0.2, 0.25) is 0 Å². The highest BCUT2D eigenvalue weighted by Gasteiger charge is 2.31. The molecule has 5 nitrogen and oxygen atoms in total. The van der Waals surface area contributed by atoms with Crippen LogP contribution in [0.2, 0.25) is 0 Å². The highest BCUT2D eigenvalue weighted by atomic mass is 16.7. The second kappa shape index (κ2) is 5.77. The molecule has 112 valence electrons. The van der Waals surface area contributed by atoms with E-state index < -0.39 is 17.8 Å². The fourth-order valence-corrected chi connectivity index (χ4v) is 1.80. The van der Waals surface area contributed by atoms with E-state index in [4.69, 9.17) is 4.84 Å². The molecule has 0 atom stereocenters. The molecule has 0 saturated carbocycles. The van der Waals surface area contributed by atoms with Gasteiger partial charge in [0.1, 0.15) is 0 Å². The molecule has 0 radical (unpaired) electrons. The Morgan fingerprint density at radius 1 is 1.05 bits per heavy atom. The van der Waals surface area contributed by atoms with Crippen molar-refractivity contribution in [3.63, 3.8) is 0 Å². The Labute approximate surface area is 119 Å². The minimum absolute atomic E-state index is 0.167. The van der Waals surface area contributed by atoms with E-state index >= 15 is 0 Å². The number of hydrogen-bond acceptors (Lipinski definition) is 4. The van der Waals surface area contributed by atoms with Crippen molar-refractivity contribution < 1.29 is 19.2 Å². The van der Waals surface area contributed by atoms with E-state index in [-0.39, 0.29) is 17.3 Å². The minimum atomic E-state index is -0.615. The second-order valence-electron chi connectivity index (χ2n) is 7.17. The normalized spacial score (nSPS) is 15.9. The van der Waals surface area contributed by atoms with Gasteiger partial charge in [-0.2, -0.15) is 0 Å². The van der Waals surface area contributed by atoms with Gasteiger partial charge in [-0.05, 0) is 23.7 Å². The predicted molar refractivity (Wildman–Crippen MR) is 74.2 cm³/mol. The summed E-state index contributed by atoms with van der Waals surface area (Å²) in [5.74, 6) is -1.79. The Morgan fingerprint density at radius 3 is 2.00 bits per heavy atom. The van der Waals surface area contributed by atoms with Crippen molar-refractivity contribution in [2.45, 2.75) is 53.9 Å². The fourth-order valence-electron chi connectivity index (χ4n) is 1.80. The first kappa shape index (κ1) is 16.4. The van der Waals surface area contributed by atoms with Gasteiger partial charge in [0.15, 0.2) is 0 Å². The largest absolute Gasteiger partial charge is 0.333 e. The summed E-state index contributed by atoms with van der Waals surface area (Å²) in [5, 5.41) is 0.502. The topological polar surface area (TPSA) is 63.7 Å². The lowest BCUT2D eigenvalue weighted by Crippen LogP contribution is -2.34. The van der Waals surface area contributed by atoms with Crippen molar-refractivity contribution in [2.75, 3.05) is 0 Å². The van der Waals surface area contributed by atoms with Crippen LogP contribution in [0.1, 0.15) is 53.9 Å². The van der Waals surface area contributed by atoms with Gasteiger partial charge in [-0.25, -0.2) is 4.79 Å². The maximum absolute atomic E-state index is 11.8. The predicted octanol–water partition coefficient (Wildman–Crippen LogP) is 2.61. The third-order valence-corrected chi connectivity index (χ3v) is 3.14. The van der Waals surface area contributed by atoms with Crippen molar-refractivity contribution >= 4 is 17.8 Å². The van der Waals surface area contributed by atoms with E-state index in [0.717, 1.165) is 25.0 Å². The third-order valence-electron chi connectivity index (χ3n) is 3.14. The van der Waals surface area contributed by atoms with Crippen LogP contribution < -0.4 is 0 Å². The van der Waals surface area contributed by atoms with E-state index in [2.05, 4.69) is 20.8 Å². The molecule has 1 rings (SSSR count). The molecule has 0 unspecified atom stereocenters. The van der Waals surface area contributed by atoms with Crippen molar-refractivity contribution in [1.29, 1.82) is 0 Å². The number of rotatable bonds is 5. The van der Waals surface area contributed by atoms with Crippen LogP contribution in [0.5, 0.6) is 0 Å². The van der Waals surface area contributed by atoms with Gasteiger partial charge >= 0.3 is 5.97 Å². The van der Waals surface area contributed by atoms with Crippen molar-refractivity contribution in [1.82, 2.24) is 5.06 Å². The molecule has 0 saturated heterocycles. The zero-order valence-electron chi connectivity index (χ0n) is 12.9. The van der Waals surface area contributed by atoms with Gasteiger partial charge in [0, 0.05) is 12.2 Å². The molecule has 0 aromatic heterocycles. The Balaban J connectivity index is 2.49. The molecule has 2 amide bonds. The summed E-state index contributed by atoms with van der Waals surface area (Å²) in [5.41, 5.74) is -0.0322. The maximum atomic E-state index is 11.8. The van der Waals surface area contributed by atoms with E-state index in [1.807, 2.05) is 13.8 Å². The Hall–Kier alpha value is -1.65. The molecular weight excluding hydrogens is 258 g/mol. The lowest BCUT2D eigenvalue weighted by molar-refractivity contribution is -0.197. The van der Waals surface area contributed by atoms with Crippen LogP contribution in [0.15, 0.2) is 12.2 Å². The van der Waals surface area contributed by atoms with Crippen molar-refractivity contribution in [2.24, 2.45) is 10.8 Å². The second-order valence-corrected chi connectivity index (χ2v) is 7.17. The number of hydrogen-bond donors (Lipinski definition) is 0. The van der Waals surface area contributed by atoms with E-state index in [9.17, 15) is 14.4 Å². The fraction of sp³-hybridized carbons (Fsp3) is 0.667. The lowest BCUT2D eigenvalue weighted by Gasteiger charge is -2.28. The monoisotopic (exact) mass is 281 g/mol. The summed E-state index contributed by atoms with van der Waals surface area (Å²) in [4.78, 5) is 39.2. The van der Waals surface area contributed by atoms with Gasteiger partial charge in [-0.15, -0.1) is 0 Å². The molecule has 0 bridgehead atoms. The molecule has 20 heavy (non-hydrogen) atoms. The summed E-state index contributed by atoms with van der Waals surface area (Å²) in [6, 6.07) is 0. The van der Waals surface area contributed by atoms with Gasteiger partial charge in [-0.3, -0.25) is 9.59 Å². The lowest BCUT2D eigenvalue weighted by atomic mass is 9.78. The van der Waals surface area contributed by atoms with Crippen LogP contribution in [0.4, 0.5) is 0 Å². The zero-order valence-corrected chi connectivity index (χ0v) is 12.9. The summed E-state index contributed by atoms with van der Waals surface area (Å²) >= 11 is 0. The van der Waals surface area contributed by atoms with Crippen LogP contribution >= 0.6 is 0 Å². The summed E-state index contributed by atoms with van der Waals surface area (Å²) in [6.07, 6.45) is 4.18. The van der Waals surface area contributed by atoms with E-state index in [0.29, 0.717) is 5.06 Å². The first-order valence-electron chi connectivity index (χ1n) is 6.77. The standard InChI is InChI=1S/C15H23NO4/c1-14(2,3)8-9-15(4,5)10-13(19)20-16-11(17)6-7-12(16)18/h6-7H,8-10H2,1-5H3. The third kappa shape index (κ3) is 5.15. The summed E-state index contributed by atoms with van der Waals surface area (Å²) in [7, 11) is 0. The maximum Gasteiger partial charge on any atom is 0.333 e. The first-order chi connectivity index (χ1) is 9.00. The quantitative estimate of drug-likeness (QED) is 0.727.